The van der Waals surface area contributed by atoms with Gasteiger partial charge in [-0.1, -0.05) is 10.3 Å². The Morgan fingerprint density at radius 2 is 2.56 bits per heavy atom. The number of nitrogens with zero attached hydrogens (tertiary/aromatic N) is 5. The van der Waals surface area contributed by atoms with Crippen molar-refractivity contribution >= 4 is 5.95 Å². The van der Waals surface area contributed by atoms with Gasteiger partial charge in [-0.15, -0.1) is 0 Å². The summed E-state index contributed by atoms with van der Waals surface area (Å²) in [6, 6.07) is 0. The second-order valence-corrected chi connectivity index (χ2v) is 1.40. The van der Waals surface area contributed by atoms with Gasteiger partial charge in [-0.25, -0.2) is 4.68 Å². The fourth-order valence-corrected chi connectivity index (χ4v) is 0.432. The molecule has 2 N–H and O–H groups in total. The van der Waals surface area contributed by atoms with E-state index in [1.165, 1.54) is 11.0 Å². The van der Waals surface area contributed by atoms with Gasteiger partial charge in [-0.3, -0.25) is 0 Å². The van der Waals surface area contributed by atoms with Gasteiger partial charge in [-0.2, -0.15) is 10.1 Å². The molecular formula is C3H6N6. The van der Waals surface area contributed by atoms with Crippen molar-refractivity contribution in [3.63, 3.8) is 0 Å². The zero-order chi connectivity index (χ0) is 6.69. The summed E-state index contributed by atoms with van der Waals surface area (Å²) in [5.74, 6) is 5.17. The summed E-state index contributed by atoms with van der Waals surface area (Å²) in [6.45, 7) is 0. The molecule has 0 amide bonds. The first-order chi connectivity index (χ1) is 4.34. The SMILES string of the molecule is Cn1ncnc1N=NN. The molecule has 0 aromatic carbocycles. The fourth-order valence-electron chi connectivity index (χ4n) is 0.432. The highest BCUT2D eigenvalue weighted by Crippen LogP contribution is 2.01. The predicted molar refractivity (Wildman–Crippen MR) is 29.7 cm³/mol. The minimum atomic E-state index is 0.400. The molecule has 0 fully saturated rings. The van der Waals surface area contributed by atoms with Gasteiger partial charge in [-0.05, 0) is 0 Å². The van der Waals surface area contributed by atoms with E-state index in [-0.39, 0.29) is 0 Å². The number of hydrogen-bond acceptors (Lipinski definition) is 4. The number of rotatable bonds is 1. The highest BCUT2D eigenvalue weighted by molar-refractivity contribution is 5.08. The van der Waals surface area contributed by atoms with Crippen molar-refractivity contribution in [2.75, 3.05) is 0 Å². The third-order valence-electron chi connectivity index (χ3n) is 0.835. The summed E-state index contributed by atoms with van der Waals surface area (Å²) in [5, 5.41) is 10.2. The maximum absolute atomic E-state index is 4.77. The molecule has 1 aromatic heterocycles. The van der Waals surface area contributed by atoms with Crippen molar-refractivity contribution < 1.29 is 0 Å². The molecule has 0 saturated carbocycles. The minimum Gasteiger partial charge on any atom is -0.304 e. The topological polar surface area (TPSA) is 81.5 Å². The fraction of sp³-hybridized carbons (Fsp3) is 0.333. The predicted octanol–water partition coefficient (Wildman–Crippen LogP) is -0.227. The van der Waals surface area contributed by atoms with Gasteiger partial charge in [0.1, 0.15) is 6.33 Å². The van der Waals surface area contributed by atoms with Crippen LogP contribution in [0.2, 0.25) is 0 Å². The lowest BCUT2D eigenvalue weighted by Gasteiger charge is -1.85. The Balaban J connectivity index is 2.94. The lowest BCUT2D eigenvalue weighted by molar-refractivity contribution is 0.757. The van der Waals surface area contributed by atoms with E-state index in [0.717, 1.165) is 0 Å². The van der Waals surface area contributed by atoms with Crippen molar-refractivity contribution in [1.29, 1.82) is 0 Å². The molecule has 1 heterocycles. The minimum absolute atomic E-state index is 0.400. The molecule has 9 heavy (non-hydrogen) atoms. The summed E-state index contributed by atoms with van der Waals surface area (Å²) in [7, 11) is 1.71. The Kier molecular flexibility index (Phi) is 1.39. The van der Waals surface area contributed by atoms with Gasteiger partial charge in [0.15, 0.2) is 0 Å². The molecule has 48 valence electrons. The zero-order valence-corrected chi connectivity index (χ0v) is 4.89. The summed E-state index contributed by atoms with van der Waals surface area (Å²) < 4.78 is 1.47. The Hall–Kier alpha value is -1.46. The third-order valence-corrected chi connectivity index (χ3v) is 0.835. The van der Waals surface area contributed by atoms with E-state index in [4.69, 9.17) is 5.84 Å². The second kappa shape index (κ2) is 2.21. The highest BCUT2D eigenvalue weighted by Gasteiger charge is 1.93. The molecule has 0 atom stereocenters. The molecule has 1 rings (SSSR count). The van der Waals surface area contributed by atoms with Crippen LogP contribution in [-0.4, -0.2) is 14.8 Å². The monoisotopic (exact) mass is 126 g/mol. The van der Waals surface area contributed by atoms with E-state index in [2.05, 4.69) is 20.4 Å². The molecule has 0 bridgehead atoms. The van der Waals surface area contributed by atoms with Crippen LogP contribution in [0.4, 0.5) is 5.95 Å². The van der Waals surface area contributed by atoms with Crippen LogP contribution < -0.4 is 5.84 Å². The number of hydrogen-bond donors (Lipinski definition) is 1. The van der Waals surface area contributed by atoms with Crippen molar-refractivity contribution in [1.82, 2.24) is 14.8 Å². The lowest BCUT2D eigenvalue weighted by Crippen LogP contribution is -1.88. The Morgan fingerprint density at radius 3 is 3.00 bits per heavy atom. The highest BCUT2D eigenvalue weighted by atomic mass is 15.4. The Bertz CT molecular complexity index is 212. The normalized spacial score (nSPS) is 10.8. The average Bonchev–Trinajstić information content (AvgIpc) is 2.18. The standard InChI is InChI=1S/C3H6N6/c1-9-3(7-8-4)5-2-6-9/h2H,1H3,(H2,4,5,6,7). The molecule has 0 spiro atoms. The Morgan fingerprint density at radius 1 is 1.78 bits per heavy atom. The molecule has 6 heteroatoms. The smallest absolute Gasteiger partial charge is 0.268 e. The van der Waals surface area contributed by atoms with E-state index in [0.29, 0.717) is 5.95 Å². The molecule has 0 radical (unpaired) electrons. The molecule has 0 unspecified atom stereocenters. The van der Waals surface area contributed by atoms with E-state index < -0.39 is 0 Å². The number of aryl methyl sites for hydroxylation is 1. The summed E-state index contributed by atoms with van der Waals surface area (Å²) in [5.41, 5.74) is 0. The molecule has 0 saturated heterocycles. The molecule has 0 aliphatic carbocycles. The molecule has 6 nitrogen and oxygen atoms in total. The van der Waals surface area contributed by atoms with Crippen LogP contribution in [0.5, 0.6) is 0 Å². The van der Waals surface area contributed by atoms with E-state index >= 15 is 0 Å². The van der Waals surface area contributed by atoms with Crippen LogP contribution in [0.25, 0.3) is 0 Å². The molecule has 0 aliphatic rings. The van der Waals surface area contributed by atoms with Crippen LogP contribution in [-0.2, 0) is 7.05 Å². The summed E-state index contributed by atoms with van der Waals surface area (Å²) in [6.07, 6.45) is 1.38. The van der Waals surface area contributed by atoms with E-state index in [1.807, 2.05) is 0 Å². The van der Waals surface area contributed by atoms with Crippen molar-refractivity contribution in [3.8, 4) is 0 Å². The van der Waals surface area contributed by atoms with Gasteiger partial charge in [0.25, 0.3) is 5.95 Å². The lowest BCUT2D eigenvalue weighted by atomic mass is 11.0. The molecular weight excluding hydrogens is 120 g/mol. The average molecular weight is 126 g/mol. The van der Waals surface area contributed by atoms with Gasteiger partial charge in [0.2, 0.25) is 0 Å². The summed E-state index contributed by atoms with van der Waals surface area (Å²) in [4.78, 5) is 3.72. The first-order valence-electron chi connectivity index (χ1n) is 2.29. The van der Waals surface area contributed by atoms with Crippen LogP contribution in [0.3, 0.4) is 0 Å². The number of nitrogens with two attached hydrogens (primary N) is 1. The second-order valence-electron chi connectivity index (χ2n) is 1.40. The first-order valence-corrected chi connectivity index (χ1v) is 2.29. The number of aromatic nitrogens is 3. The van der Waals surface area contributed by atoms with Crippen molar-refractivity contribution in [3.05, 3.63) is 6.33 Å². The van der Waals surface area contributed by atoms with E-state index in [1.54, 1.807) is 7.05 Å². The Labute approximate surface area is 51.4 Å². The largest absolute Gasteiger partial charge is 0.304 e. The molecule has 1 aromatic rings. The van der Waals surface area contributed by atoms with Gasteiger partial charge >= 0.3 is 0 Å². The van der Waals surface area contributed by atoms with Crippen LogP contribution in [0.15, 0.2) is 16.7 Å². The first kappa shape index (κ1) is 5.67. The van der Waals surface area contributed by atoms with Crippen LogP contribution >= 0.6 is 0 Å². The molecule has 0 aliphatic heterocycles. The van der Waals surface area contributed by atoms with Crippen molar-refractivity contribution in [2.45, 2.75) is 0 Å². The van der Waals surface area contributed by atoms with Gasteiger partial charge in [0, 0.05) is 7.05 Å². The maximum Gasteiger partial charge on any atom is 0.268 e. The third kappa shape index (κ3) is 1.01. The van der Waals surface area contributed by atoms with Gasteiger partial charge in [0.05, 0.1) is 0 Å². The van der Waals surface area contributed by atoms with E-state index in [9.17, 15) is 0 Å². The van der Waals surface area contributed by atoms with Crippen LogP contribution in [0, 0.1) is 0 Å². The van der Waals surface area contributed by atoms with Crippen molar-refractivity contribution in [2.24, 2.45) is 23.2 Å². The zero-order valence-electron chi connectivity index (χ0n) is 4.89. The maximum atomic E-state index is 4.77. The quantitative estimate of drug-likeness (QED) is 0.320. The van der Waals surface area contributed by atoms with Gasteiger partial charge < -0.3 is 5.84 Å². The van der Waals surface area contributed by atoms with Crippen LogP contribution in [0.1, 0.15) is 0 Å². The summed E-state index contributed by atoms with van der Waals surface area (Å²) >= 11 is 0.